The summed E-state index contributed by atoms with van der Waals surface area (Å²) in [4.78, 5) is 0. The fourth-order valence-corrected chi connectivity index (χ4v) is 3.18. The van der Waals surface area contributed by atoms with Gasteiger partial charge in [0, 0.05) is 11.7 Å². The lowest BCUT2D eigenvalue weighted by molar-refractivity contribution is 0.897. The molecular weight excluding hydrogens is 222 g/mol. The number of rotatable bonds is 5. The van der Waals surface area contributed by atoms with Gasteiger partial charge in [-0.15, -0.1) is 23.5 Å². The summed E-state index contributed by atoms with van der Waals surface area (Å²) in [5.41, 5.74) is 2.66. The maximum absolute atomic E-state index is 3.50. The average molecular weight is 241 g/mol. The van der Waals surface area contributed by atoms with Gasteiger partial charge in [-0.2, -0.15) is 0 Å². The molecule has 0 aromatic heterocycles. The van der Waals surface area contributed by atoms with Gasteiger partial charge in [0.05, 0.1) is 4.58 Å². The molecule has 0 unspecified atom stereocenters. The van der Waals surface area contributed by atoms with Crippen LogP contribution < -0.4 is 5.32 Å². The van der Waals surface area contributed by atoms with Gasteiger partial charge in [-0.25, -0.2) is 0 Å². The van der Waals surface area contributed by atoms with Gasteiger partial charge in [0.25, 0.3) is 0 Å². The van der Waals surface area contributed by atoms with Crippen molar-refractivity contribution >= 4 is 29.2 Å². The quantitative estimate of drug-likeness (QED) is 0.775. The molecule has 0 amide bonds. The van der Waals surface area contributed by atoms with Crippen molar-refractivity contribution in [3.63, 3.8) is 0 Å². The van der Waals surface area contributed by atoms with Crippen molar-refractivity contribution in [2.24, 2.45) is 0 Å². The number of hydrogen-bond acceptors (Lipinski definition) is 3. The first-order valence-electron chi connectivity index (χ1n) is 5.10. The van der Waals surface area contributed by atoms with Crippen LogP contribution in [0.5, 0.6) is 0 Å². The Labute approximate surface area is 101 Å². The molecule has 15 heavy (non-hydrogen) atoms. The van der Waals surface area contributed by atoms with Gasteiger partial charge in [0.1, 0.15) is 0 Å². The lowest BCUT2D eigenvalue weighted by Crippen LogP contribution is -2.11. The molecule has 3 heteroatoms. The molecule has 0 aliphatic heterocycles. The monoisotopic (exact) mass is 241 g/mol. The van der Waals surface area contributed by atoms with Gasteiger partial charge in [-0.1, -0.05) is 18.2 Å². The van der Waals surface area contributed by atoms with Crippen LogP contribution in [-0.2, 0) is 0 Å². The van der Waals surface area contributed by atoms with Crippen molar-refractivity contribution in [3.8, 4) is 0 Å². The van der Waals surface area contributed by atoms with E-state index in [1.807, 2.05) is 23.5 Å². The molecule has 1 N–H and O–H groups in total. The van der Waals surface area contributed by atoms with Crippen LogP contribution in [0.2, 0.25) is 0 Å². The second-order valence-electron chi connectivity index (χ2n) is 3.69. The first-order valence-corrected chi connectivity index (χ1v) is 7.67. The Morgan fingerprint density at radius 2 is 1.67 bits per heavy atom. The second kappa shape index (κ2) is 6.33. The number of hydrogen-bond donors (Lipinski definition) is 1. The predicted octanol–water partition coefficient (Wildman–Crippen LogP) is 4.23. The van der Waals surface area contributed by atoms with Crippen molar-refractivity contribution in [2.45, 2.75) is 24.5 Å². The SMILES string of the molecule is CSC(SC)c1ccccc1NC(C)C. The maximum atomic E-state index is 3.50. The summed E-state index contributed by atoms with van der Waals surface area (Å²) in [6.45, 7) is 4.34. The van der Waals surface area contributed by atoms with Gasteiger partial charge in [0.15, 0.2) is 0 Å². The Kier molecular flexibility index (Phi) is 5.40. The molecule has 0 fully saturated rings. The molecule has 1 aromatic rings. The third-order valence-electron chi connectivity index (χ3n) is 2.09. The molecule has 0 saturated heterocycles. The molecule has 0 heterocycles. The molecule has 0 atom stereocenters. The first-order chi connectivity index (χ1) is 7.19. The standard InChI is InChI=1S/C12H19NS2/c1-9(2)13-11-8-6-5-7-10(11)12(14-3)15-4/h5-9,12-13H,1-4H3. The van der Waals surface area contributed by atoms with Crippen LogP contribution in [0.3, 0.4) is 0 Å². The van der Waals surface area contributed by atoms with E-state index in [2.05, 4.69) is 55.9 Å². The molecule has 1 rings (SSSR count). The van der Waals surface area contributed by atoms with E-state index in [9.17, 15) is 0 Å². The minimum absolute atomic E-state index is 0.482. The number of anilines is 1. The second-order valence-corrected chi connectivity index (χ2v) is 5.87. The van der Waals surface area contributed by atoms with Gasteiger partial charge < -0.3 is 5.32 Å². The molecule has 0 aliphatic carbocycles. The minimum atomic E-state index is 0.482. The molecule has 0 spiro atoms. The fraction of sp³-hybridized carbons (Fsp3) is 0.500. The Morgan fingerprint density at radius 3 is 2.20 bits per heavy atom. The third kappa shape index (κ3) is 3.65. The largest absolute Gasteiger partial charge is 0.383 e. The highest BCUT2D eigenvalue weighted by atomic mass is 32.2. The molecule has 0 bridgehead atoms. The zero-order valence-corrected chi connectivity index (χ0v) is 11.4. The van der Waals surface area contributed by atoms with Crippen LogP contribution in [0.25, 0.3) is 0 Å². The molecule has 0 radical (unpaired) electrons. The fourth-order valence-electron chi connectivity index (χ4n) is 1.50. The van der Waals surface area contributed by atoms with Crippen molar-refractivity contribution in [3.05, 3.63) is 29.8 Å². The zero-order valence-electron chi connectivity index (χ0n) is 9.78. The predicted molar refractivity (Wildman–Crippen MR) is 75.0 cm³/mol. The normalized spacial score (nSPS) is 11.1. The van der Waals surface area contributed by atoms with Gasteiger partial charge in [0.2, 0.25) is 0 Å². The molecular formula is C12H19NS2. The van der Waals surface area contributed by atoms with E-state index in [1.165, 1.54) is 11.3 Å². The Hall–Kier alpha value is -0.280. The summed E-state index contributed by atoms with van der Waals surface area (Å²) in [5.74, 6) is 0. The minimum Gasteiger partial charge on any atom is -0.383 e. The van der Waals surface area contributed by atoms with E-state index < -0.39 is 0 Å². The summed E-state index contributed by atoms with van der Waals surface area (Å²) < 4.78 is 0.521. The highest BCUT2D eigenvalue weighted by Gasteiger charge is 2.12. The lowest BCUT2D eigenvalue weighted by Gasteiger charge is -2.19. The number of para-hydroxylation sites is 1. The van der Waals surface area contributed by atoms with Crippen molar-refractivity contribution in [1.29, 1.82) is 0 Å². The lowest BCUT2D eigenvalue weighted by atomic mass is 10.2. The van der Waals surface area contributed by atoms with E-state index in [4.69, 9.17) is 0 Å². The third-order valence-corrected chi connectivity index (χ3v) is 4.61. The Morgan fingerprint density at radius 1 is 1.07 bits per heavy atom. The summed E-state index contributed by atoms with van der Waals surface area (Å²) in [6, 6.07) is 9.05. The molecule has 1 nitrogen and oxygen atoms in total. The first kappa shape index (κ1) is 12.8. The van der Waals surface area contributed by atoms with Crippen LogP contribution in [0, 0.1) is 0 Å². The highest BCUT2D eigenvalue weighted by molar-refractivity contribution is 8.15. The molecule has 0 saturated carbocycles. The van der Waals surface area contributed by atoms with Gasteiger partial charge >= 0.3 is 0 Å². The van der Waals surface area contributed by atoms with Crippen molar-refractivity contribution in [1.82, 2.24) is 0 Å². The molecule has 1 aromatic carbocycles. The van der Waals surface area contributed by atoms with Gasteiger partial charge in [-0.3, -0.25) is 0 Å². The van der Waals surface area contributed by atoms with Crippen LogP contribution in [-0.4, -0.2) is 18.6 Å². The Balaban J connectivity index is 2.94. The van der Waals surface area contributed by atoms with E-state index in [0.717, 1.165) is 0 Å². The number of thioether (sulfide) groups is 2. The summed E-state index contributed by atoms with van der Waals surface area (Å²) in [6.07, 6.45) is 4.32. The van der Waals surface area contributed by atoms with Crippen LogP contribution in [0.15, 0.2) is 24.3 Å². The van der Waals surface area contributed by atoms with Crippen molar-refractivity contribution in [2.75, 3.05) is 17.8 Å². The van der Waals surface area contributed by atoms with E-state index in [-0.39, 0.29) is 0 Å². The highest BCUT2D eigenvalue weighted by Crippen LogP contribution is 2.39. The topological polar surface area (TPSA) is 12.0 Å². The van der Waals surface area contributed by atoms with Crippen LogP contribution in [0.4, 0.5) is 5.69 Å². The molecule has 0 aliphatic rings. The zero-order chi connectivity index (χ0) is 11.3. The van der Waals surface area contributed by atoms with Crippen molar-refractivity contribution < 1.29 is 0 Å². The summed E-state index contributed by atoms with van der Waals surface area (Å²) in [7, 11) is 0. The number of benzene rings is 1. The smallest absolute Gasteiger partial charge is 0.0765 e. The van der Waals surface area contributed by atoms with E-state index in [0.29, 0.717) is 10.6 Å². The summed E-state index contributed by atoms with van der Waals surface area (Å²) in [5, 5.41) is 3.50. The van der Waals surface area contributed by atoms with Crippen LogP contribution >= 0.6 is 23.5 Å². The molecule has 84 valence electrons. The average Bonchev–Trinajstić information content (AvgIpc) is 2.21. The van der Waals surface area contributed by atoms with E-state index >= 15 is 0 Å². The van der Waals surface area contributed by atoms with Crippen LogP contribution in [0.1, 0.15) is 24.0 Å². The maximum Gasteiger partial charge on any atom is 0.0765 e. The van der Waals surface area contributed by atoms with Gasteiger partial charge in [-0.05, 0) is 38.0 Å². The number of nitrogens with one attached hydrogen (secondary N) is 1. The Bertz CT molecular complexity index is 295. The van der Waals surface area contributed by atoms with E-state index in [1.54, 1.807) is 0 Å². The summed E-state index contributed by atoms with van der Waals surface area (Å²) >= 11 is 3.77.